The minimum Gasteiger partial charge on any atom is -0.460 e. The smallest absolute Gasteiger partial charge is 0.316 e. The van der Waals surface area contributed by atoms with E-state index >= 15 is 0 Å². The largest absolute Gasteiger partial charge is 0.460 e. The Bertz CT molecular complexity index is 242. The zero-order chi connectivity index (χ0) is 9.68. The van der Waals surface area contributed by atoms with Crippen LogP contribution >= 0.6 is 0 Å². The average Bonchev–Trinajstić information content (AvgIpc) is 2.96. The molecule has 1 fully saturated rings. The SMILES string of the molecule is CC.Cc1cnc(OC2CC2)nc1. The van der Waals surface area contributed by atoms with E-state index in [-0.39, 0.29) is 0 Å². The first-order valence-corrected chi connectivity index (χ1v) is 4.80. The molecular formula is C10H16N2O. The van der Waals surface area contributed by atoms with E-state index < -0.39 is 0 Å². The number of rotatable bonds is 2. The Kier molecular flexibility index (Phi) is 3.68. The third-order valence-corrected chi connectivity index (χ3v) is 1.55. The number of hydrogen-bond donors (Lipinski definition) is 0. The van der Waals surface area contributed by atoms with Crippen LogP contribution < -0.4 is 4.74 Å². The lowest BCUT2D eigenvalue weighted by Gasteiger charge is -1.99. The van der Waals surface area contributed by atoms with Crippen LogP contribution in [0.25, 0.3) is 0 Å². The maximum Gasteiger partial charge on any atom is 0.316 e. The van der Waals surface area contributed by atoms with Gasteiger partial charge in [-0.3, -0.25) is 0 Å². The summed E-state index contributed by atoms with van der Waals surface area (Å²) < 4.78 is 5.36. The number of aryl methyl sites for hydroxylation is 1. The van der Waals surface area contributed by atoms with Crippen molar-refractivity contribution in [3.63, 3.8) is 0 Å². The summed E-state index contributed by atoms with van der Waals surface area (Å²) in [5.74, 6) is 0. The highest BCUT2D eigenvalue weighted by Crippen LogP contribution is 2.23. The minimum atomic E-state index is 0.387. The number of ether oxygens (including phenoxy) is 1. The molecule has 1 aromatic heterocycles. The van der Waals surface area contributed by atoms with Crippen LogP contribution in [0.15, 0.2) is 12.4 Å². The van der Waals surface area contributed by atoms with Crippen molar-refractivity contribution in [2.75, 3.05) is 0 Å². The molecule has 3 nitrogen and oxygen atoms in total. The van der Waals surface area contributed by atoms with Crippen molar-refractivity contribution in [2.24, 2.45) is 0 Å². The molecule has 1 heterocycles. The fraction of sp³-hybridized carbons (Fsp3) is 0.600. The summed E-state index contributed by atoms with van der Waals surface area (Å²) in [4.78, 5) is 8.05. The van der Waals surface area contributed by atoms with E-state index in [0.717, 1.165) is 18.4 Å². The lowest BCUT2D eigenvalue weighted by Crippen LogP contribution is -2.00. The first kappa shape index (κ1) is 9.96. The maximum absolute atomic E-state index is 5.36. The highest BCUT2D eigenvalue weighted by atomic mass is 16.5. The second-order valence-electron chi connectivity index (χ2n) is 2.86. The van der Waals surface area contributed by atoms with Crippen LogP contribution in [0.4, 0.5) is 0 Å². The predicted octanol–water partition coefficient (Wildman–Crippen LogP) is 2.35. The fourth-order valence-electron chi connectivity index (χ4n) is 0.777. The number of aromatic nitrogens is 2. The molecule has 2 rings (SSSR count). The Hall–Kier alpha value is -1.12. The van der Waals surface area contributed by atoms with Crippen LogP contribution in [0.1, 0.15) is 32.3 Å². The Morgan fingerprint density at radius 1 is 1.23 bits per heavy atom. The molecule has 0 radical (unpaired) electrons. The third-order valence-electron chi connectivity index (χ3n) is 1.55. The van der Waals surface area contributed by atoms with Gasteiger partial charge in [-0.25, -0.2) is 9.97 Å². The van der Waals surface area contributed by atoms with Gasteiger partial charge in [-0.15, -0.1) is 0 Å². The molecule has 0 saturated heterocycles. The van der Waals surface area contributed by atoms with Crippen LogP contribution in [0.3, 0.4) is 0 Å². The van der Waals surface area contributed by atoms with Crippen LogP contribution in [-0.4, -0.2) is 16.1 Å². The summed E-state index contributed by atoms with van der Waals surface area (Å²) in [6.45, 7) is 5.96. The van der Waals surface area contributed by atoms with Crippen molar-refractivity contribution in [1.29, 1.82) is 0 Å². The average molecular weight is 180 g/mol. The molecule has 0 amide bonds. The molecule has 13 heavy (non-hydrogen) atoms. The van der Waals surface area contributed by atoms with Crippen LogP contribution in [0.5, 0.6) is 6.01 Å². The molecule has 0 aromatic carbocycles. The maximum atomic E-state index is 5.36. The Balaban J connectivity index is 0.000000396. The number of nitrogens with zero attached hydrogens (tertiary/aromatic N) is 2. The fourth-order valence-corrected chi connectivity index (χ4v) is 0.777. The van der Waals surface area contributed by atoms with Gasteiger partial charge >= 0.3 is 6.01 Å². The molecule has 3 heteroatoms. The molecule has 0 aliphatic heterocycles. The highest BCUT2D eigenvalue weighted by molar-refractivity contribution is 5.05. The Morgan fingerprint density at radius 2 is 1.77 bits per heavy atom. The molecule has 0 atom stereocenters. The molecule has 0 N–H and O–H groups in total. The zero-order valence-electron chi connectivity index (χ0n) is 8.45. The summed E-state index contributed by atoms with van der Waals surface area (Å²) in [6, 6.07) is 0.512. The van der Waals surface area contributed by atoms with Crippen molar-refractivity contribution >= 4 is 0 Å². The zero-order valence-corrected chi connectivity index (χ0v) is 8.45. The standard InChI is InChI=1S/C8H10N2O.C2H6/c1-6-4-9-8(10-5-6)11-7-2-3-7;1-2/h4-5,7H,2-3H2,1H3;1-2H3. The Labute approximate surface area is 79.2 Å². The van der Waals surface area contributed by atoms with Crippen molar-refractivity contribution in [3.05, 3.63) is 18.0 Å². The summed E-state index contributed by atoms with van der Waals surface area (Å²) in [5, 5.41) is 0. The van der Waals surface area contributed by atoms with Gasteiger partial charge in [0.05, 0.1) is 0 Å². The highest BCUT2D eigenvalue weighted by Gasteiger charge is 2.24. The van der Waals surface area contributed by atoms with Crippen LogP contribution in [0, 0.1) is 6.92 Å². The molecule has 0 spiro atoms. The molecule has 1 aliphatic carbocycles. The molecule has 0 bridgehead atoms. The van der Waals surface area contributed by atoms with Gasteiger partial charge in [0.15, 0.2) is 0 Å². The third kappa shape index (κ3) is 3.40. The van der Waals surface area contributed by atoms with E-state index in [1.165, 1.54) is 0 Å². The van der Waals surface area contributed by atoms with E-state index in [9.17, 15) is 0 Å². The lowest BCUT2D eigenvalue weighted by atomic mass is 10.4. The molecule has 0 unspecified atom stereocenters. The van der Waals surface area contributed by atoms with Crippen molar-refractivity contribution < 1.29 is 4.74 Å². The van der Waals surface area contributed by atoms with E-state index in [0.29, 0.717) is 12.1 Å². The van der Waals surface area contributed by atoms with Gasteiger partial charge in [0.1, 0.15) is 6.10 Å². The van der Waals surface area contributed by atoms with Crippen LogP contribution in [0.2, 0.25) is 0 Å². The topological polar surface area (TPSA) is 35.0 Å². The summed E-state index contributed by atoms with van der Waals surface area (Å²) in [5.41, 5.74) is 1.06. The van der Waals surface area contributed by atoms with E-state index in [1.807, 2.05) is 20.8 Å². The van der Waals surface area contributed by atoms with Gasteiger partial charge < -0.3 is 4.74 Å². The van der Waals surface area contributed by atoms with E-state index in [2.05, 4.69) is 9.97 Å². The van der Waals surface area contributed by atoms with Gasteiger partial charge in [0, 0.05) is 12.4 Å². The molecular weight excluding hydrogens is 164 g/mol. The normalized spacial score (nSPS) is 14.4. The van der Waals surface area contributed by atoms with Gasteiger partial charge in [0.2, 0.25) is 0 Å². The number of hydrogen-bond acceptors (Lipinski definition) is 3. The minimum absolute atomic E-state index is 0.387. The van der Waals surface area contributed by atoms with Crippen molar-refractivity contribution in [1.82, 2.24) is 9.97 Å². The van der Waals surface area contributed by atoms with Gasteiger partial charge in [-0.1, -0.05) is 13.8 Å². The van der Waals surface area contributed by atoms with Gasteiger partial charge in [0.25, 0.3) is 0 Å². The first-order chi connectivity index (χ1) is 6.34. The predicted molar refractivity (Wildman–Crippen MR) is 51.8 cm³/mol. The lowest BCUT2D eigenvalue weighted by molar-refractivity contribution is 0.278. The van der Waals surface area contributed by atoms with Crippen molar-refractivity contribution in [3.8, 4) is 6.01 Å². The molecule has 72 valence electrons. The molecule has 1 saturated carbocycles. The monoisotopic (exact) mass is 180 g/mol. The van der Waals surface area contributed by atoms with Gasteiger partial charge in [-0.05, 0) is 25.3 Å². The first-order valence-electron chi connectivity index (χ1n) is 4.80. The van der Waals surface area contributed by atoms with Crippen LogP contribution in [-0.2, 0) is 0 Å². The molecule has 1 aliphatic rings. The van der Waals surface area contributed by atoms with Crippen molar-refractivity contribution in [2.45, 2.75) is 39.7 Å². The summed E-state index contributed by atoms with van der Waals surface area (Å²) in [7, 11) is 0. The van der Waals surface area contributed by atoms with E-state index in [4.69, 9.17) is 4.74 Å². The molecule has 1 aromatic rings. The summed E-state index contributed by atoms with van der Waals surface area (Å²) in [6.07, 6.45) is 6.22. The summed E-state index contributed by atoms with van der Waals surface area (Å²) >= 11 is 0. The second kappa shape index (κ2) is 4.80. The quantitative estimate of drug-likeness (QED) is 0.700. The van der Waals surface area contributed by atoms with E-state index in [1.54, 1.807) is 12.4 Å². The second-order valence-corrected chi connectivity index (χ2v) is 2.86. The Morgan fingerprint density at radius 3 is 2.23 bits per heavy atom. The van der Waals surface area contributed by atoms with Gasteiger partial charge in [-0.2, -0.15) is 0 Å².